The Labute approximate surface area is 64.3 Å². The van der Waals surface area contributed by atoms with Gasteiger partial charge in [-0.1, -0.05) is 0 Å². The summed E-state index contributed by atoms with van der Waals surface area (Å²) in [5.74, 6) is 0. The van der Waals surface area contributed by atoms with E-state index in [2.05, 4.69) is 41.0 Å². The van der Waals surface area contributed by atoms with E-state index >= 15 is 0 Å². The van der Waals surface area contributed by atoms with Gasteiger partial charge in [0.25, 0.3) is 0 Å². The second kappa shape index (κ2) is 9.07. The number of hydrogen-bond acceptors (Lipinski definition) is 0. The van der Waals surface area contributed by atoms with Crippen molar-refractivity contribution in [2.24, 2.45) is 0 Å². The molecule has 0 fully saturated rings. The Kier molecular flexibility index (Phi) is 21.9. The molecule has 0 unspecified atom stereocenters. The quantitative estimate of drug-likeness (QED) is 0.450. The molecule has 0 aromatic heterocycles. The Morgan fingerprint density at radius 3 is 1.25 bits per heavy atom. The van der Waals surface area contributed by atoms with Crippen LogP contribution in [0, 0.1) is 0 Å². The van der Waals surface area contributed by atoms with Crippen LogP contribution in [0.2, 0.25) is 0 Å². The Bertz CT molecular complexity index is 4.00. The van der Waals surface area contributed by atoms with Crippen molar-refractivity contribution in [3.05, 3.63) is 0 Å². The molecule has 0 radical (unpaired) electrons. The minimum Gasteiger partial charge on any atom is 0 e. The van der Waals surface area contributed by atoms with Crippen molar-refractivity contribution in [1.82, 2.24) is 0 Å². The summed E-state index contributed by atoms with van der Waals surface area (Å²) in [7, 11) is 1.56. The van der Waals surface area contributed by atoms with Crippen molar-refractivity contribution in [3.63, 3.8) is 0 Å². The predicted molar refractivity (Wildman–Crippen MR) is 28.0 cm³/mol. The molecule has 0 atom stereocenters. The van der Waals surface area contributed by atoms with Crippen LogP contribution in [-0.4, -0.2) is 0 Å². The van der Waals surface area contributed by atoms with E-state index in [9.17, 15) is 0 Å². The van der Waals surface area contributed by atoms with Crippen LogP contribution in [0.5, 0.6) is 0 Å². The van der Waals surface area contributed by atoms with Gasteiger partial charge in [0.15, 0.2) is 0 Å². The van der Waals surface area contributed by atoms with Crippen LogP contribution >= 0.6 is 41.0 Å². The average Bonchev–Trinajstić information content (AvgIpc) is 0.918. The van der Waals surface area contributed by atoms with E-state index in [1.54, 1.807) is 8.07 Å². The molecule has 0 rings (SSSR count). The largest absolute Gasteiger partial charge is 0 e. The SMILES string of the molecule is [I][Ni][I].[Ni]. The van der Waals surface area contributed by atoms with Gasteiger partial charge < -0.3 is 0 Å². The maximum Gasteiger partial charge on any atom is 0 e. The van der Waals surface area contributed by atoms with Gasteiger partial charge >= 0.3 is 49.0 Å². The first kappa shape index (κ1) is 9.67. The van der Waals surface area contributed by atoms with Gasteiger partial charge in [-0.2, -0.15) is 0 Å². The van der Waals surface area contributed by atoms with E-state index in [0.717, 1.165) is 0 Å². The first-order valence-electron chi connectivity index (χ1n) is 0.239. The summed E-state index contributed by atoms with van der Waals surface area (Å²) in [6, 6.07) is 0. The summed E-state index contributed by atoms with van der Waals surface area (Å²) in [6.07, 6.45) is 0. The van der Waals surface area contributed by atoms with Gasteiger partial charge in [0.1, 0.15) is 0 Å². The molecular formula is I2Ni2. The van der Waals surface area contributed by atoms with Crippen LogP contribution in [0.1, 0.15) is 0 Å². The van der Waals surface area contributed by atoms with Crippen molar-refractivity contribution in [2.75, 3.05) is 0 Å². The van der Waals surface area contributed by atoms with E-state index in [0.29, 0.717) is 0 Å². The number of rotatable bonds is 0. The second-order valence-corrected chi connectivity index (χ2v) is 8.38. The maximum absolute atomic E-state index is 2.21. The molecule has 0 saturated carbocycles. The molecule has 0 aliphatic heterocycles. The smallest absolute Gasteiger partial charge is 0 e. The van der Waals surface area contributed by atoms with Crippen molar-refractivity contribution < 1.29 is 24.6 Å². The van der Waals surface area contributed by atoms with Crippen molar-refractivity contribution in [3.8, 4) is 0 Å². The molecule has 4 heteroatoms. The van der Waals surface area contributed by atoms with Crippen LogP contribution in [-0.2, 0) is 24.6 Å². The second-order valence-electron chi connectivity index (χ2n) is 0.0452. The standard InChI is InChI=1S/2HI.2Ni/h2*1H;;/q;;;+2/p-2. The van der Waals surface area contributed by atoms with E-state index in [4.69, 9.17) is 0 Å². The molecule has 0 amide bonds. The molecule has 0 heterocycles. The Hall–Kier alpha value is 2.45. The first-order chi connectivity index (χ1) is 1.41. The molecule has 0 aromatic rings. The molecule has 0 spiro atoms. The minimum atomic E-state index is 0. The minimum absolute atomic E-state index is 0. The van der Waals surface area contributed by atoms with Crippen LogP contribution in [0.15, 0.2) is 0 Å². The molecule has 0 saturated heterocycles. The summed E-state index contributed by atoms with van der Waals surface area (Å²) < 4.78 is 0. The van der Waals surface area contributed by atoms with Gasteiger partial charge in [-0.05, 0) is 0 Å². The fourth-order valence-corrected chi connectivity index (χ4v) is 0. The third-order valence-corrected chi connectivity index (χ3v) is 0. The van der Waals surface area contributed by atoms with E-state index in [-0.39, 0.29) is 16.5 Å². The molecule has 0 aliphatic carbocycles. The normalized spacial score (nSPS) is 5.50. The average molecular weight is 371 g/mol. The van der Waals surface area contributed by atoms with Crippen LogP contribution in [0.25, 0.3) is 0 Å². The van der Waals surface area contributed by atoms with E-state index in [1.807, 2.05) is 0 Å². The molecule has 0 bridgehead atoms. The Morgan fingerprint density at radius 2 is 1.25 bits per heavy atom. The summed E-state index contributed by atoms with van der Waals surface area (Å²) in [4.78, 5) is 0. The fourth-order valence-electron chi connectivity index (χ4n) is 0. The Balaban J connectivity index is 0. The molecule has 0 N–H and O–H groups in total. The third-order valence-electron chi connectivity index (χ3n) is 0. The van der Waals surface area contributed by atoms with Crippen LogP contribution < -0.4 is 0 Å². The van der Waals surface area contributed by atoms with E-state index in [1.165, 1.54) is 0 Å². The van der Waals surface area contributed by atoms with Crippen molar-refractivity contribution in [2.45, 2.75) is 0 Å². The zero-order valence-corrected chi connectivity index (χ0v) is 7.68. The number of halogens is 2. The molecule has 34 valence electrons. The summed E-state index contributed by atoms with van der Waals surface area (Å²) >= 11 is 4.43. The molecule has 4 heavy (non-hydrogen) atoms. The molecule has 0 aromatic carbocycles. The van der Waals surface area contributed by atoms with Crippen molar-refractivity contribution in [1.29, 1.82) is 0 Å². The fraction of sp³-hybridized carbons (Fsp3) is 0. The van der Waals surface area contributed by atoms with Gasteiger partial charge in [-0.15, -0.1) is 0 Å². The van der Waals surface area contributed by atoms with Gasteiger partial charge in [0, 0.05) is 16.5 Å². The third kappa shape index (κ3) is 8.82. The van der Waals surface area contributed by atoms with Crippen LogP contribution in [0.4, 0.5) is 0 Å². The van der Waals surface area contributed by atoms with Gasteiger partial charge in [0.05, 0.1) is 0 Å². The van der Waals surface area contributed by atoms with Crippen LogP contribution in [0.3, 0.4) is 0 Å². The topological polar surface area (TPSA) is 0 Å². The zero-order valence-electron chi connectivity index (χ0n) is 1.39. The van der Waals surface area contributed by atoms with Gasteiger partial charge in [-0.3, -0.25) is 0 Å². The summed E-state index contributed by atoms with van der Waals surface area (Å²) in [5, 5.41) is 0. The maximum atomic E-state index is 2.21. The molecule has 0 aliphatic rings. The first-order valence-corrected chi connectivity index (χ1v) is 6.61. The zero-order chi connectivity index (χ0) is 2.71. The number of hydrogen-bond donors (Lipinski definition) is 0. The predicted octanol–water partition coefficient (Wildman–Crippen LogP) is 1.77. The van der Waals surface area contributed by atoms with E-state index < -0.39 is 0 Å². The van der Waals surface area contributed by atoms with Gasteiger partial charge in [-0.25, -0.2) is 0 Å². The summed E-state index contributed by atoms with van der Waals surface area (Å²) in [6.45, 7) is 0. The van der Waals surface area contributed by atoms with Crippen molar-refractivity contribution >= 4 is 41.0 Å². The molecular weight excluding hydrogens is 371 g/mol. The monoisotopic (exact) mass is 370 g/mol. The summed E-state index contributed by atoms with van der Waals surface area (Å²) in [5.41, 5.74) is 0. The Morgan fingerprint density at radius 1 is 1.25 bits per heavy atom. The van der Waals surface area contributed by atoms with Gasteiger partial charge in [0.2, 0.25) is 0 Å². The molecule has 0 nitrogen and oxygen atoms in total.